The van der Waals surface area contributed by atoms with Crippen LogP contribution in [0.1, 0.15) is 51.6 Å². The number of carbonyl (C=O) groups excluding carboxylic acids is 1. The first-order valence-electron chi connectivity index (χ1n) is 7.59. The number of unbranched alkanes of at least 4 members (excludes halogenated alkanes) is 3. The van der Waals surface area contributed by atoms with Crippen LogP contribution in [0.4, 0.5) is 0 Å². The molecule has 0 saturated carbocycles. The van der Waals surface area contributed by atoms with E-state index in [4.69, 9.17) is 5.84 Å². The lowest BCUT2D eigenvalue weighted by molar-refractivity contribution is -0.119. The first-order valence-corrected chi connectivity index (χ1v) is 8.57. The maximum atomic E-state index is 11.9. The predicted molar refractivity (Wildman–Crippen MR) is 88.3 cm³/mol. The maximum absolute atomic E-state index is 11.9. The van der Waals surface area contributed by atoms with E-state index in [1.54, 1.807) is 6.92 Å². The molecule has 1 aromatic heterocycles. The van der Waals surface area contributed by atoms with Crippen LogP contribution in [0.2, 0.25) is 0 Å². The van der Waals surface area contributed by atoms with Crippen molar-refractivity contribution in [3.05, 3.63) is 16.0 Å². The number of nitrogens with zero attached hydrogens (tertiary/aromatic N) is 3. The summed E-state index contributed by atoms with van der Waals surface area (Å²) in [6.45, 7) is 5.71. The van der Waals surface area contributed by atoms with Gasteiger partial charge in [-0.05, 0) is 20.3 Å². The fraction of sp³-hybridized carbons (Fsp3) is 0.714. The molecule has 0 bridgehead atoms. The van der Waals surface area contributed by atoms with Crippen molar-refractivity contribution in [2.75, 3.05) is 11.6 Å². The summed E-state index contributed by atoms with van der Waals surface area (Å²) in [6, 6.07) is 0.147. The fourth-order valence-electron chi connectivity index (χ4n) is 1.96. The van der Waals surface area contributed by atoms with Crippen molar-refractivity contribution < 1.29 is 4.79 Å². The molecule has 0 saturated heterocycles. The quantitative estimate of drug-likeness (QED) is 0.402. The zero-order valence-corrected chi connectivity index (χ0v) is 14.3. The van der Waals surface area contributed by atoms with Crippen LogP contribution in [-0.4, -0.2) is 32.6 Å². The first-order chi connectivity index (χ1) is 10.5. The van der Waals surface area contributed by atoms with Crippen molar-refractivity contribution in [2.24, 2.45) is 0 Å². The Balaban J connectivity index is 2.37. The fourth-order valence-corrected chi connectivity index (χ4v) is 2.63. The standard InChI is InChI=1S/C14H25N5O2S/c1-4-5-6-7-8-10(2)16-12(20)9-22-14-18-17-11(3)13(21)19(14)15/h10H,4-9,15H2,1-3H3,(H,16,20)/t10-/m0/s1. The number of thioether (sulfide) groups is 1. The lowest BCUT2D eigenvalue weighted by Gasteiger charge is -2.13. The zero-order chi connectivity index (χ0) is 16.5. The Hall–Kier alpha value is -1.57. The van der Waals surface area contributed by atoms with Gasteiger partial charge in [-0.1, -0.05) is 44.4 Å². The molecule has 0 unspecified atom stereocenters. The summed E-state index contributed by atoms with van der Waals surface area (Å²) in [5.41, 5.74) is -0.167. The molecule has 1 aromatic rings. The molecule has 8 heteroatoms. The van der Waals surface area contributed by atoms with Crippen molar-refractivity contribution in [1.29, 1.82) is 0 Å². The number of hydrogen-bond donors (Lipinski definition) is 2. The molecule has 0 aromatic carbocycles. The number of hydrogen-bond acceptors (Lipinski definition) is 6. The van der Waals surface area contributed by atoms with Gasteiger partial charge in [0.15, 0.2) is 0 Å². The van der Waals surface area contributed by atoms with Gasteiger partial charge in [-0.15, -0.1) is 10.2 Å². The Morgan fingerprint density at radius 1 is 1.36 bits per heavy atom. The van der Waals surface area contributed by atoms with Crippen LogP contribution in [0.15, 0.2) is 9.95 Å². The van der Waals surface area contributed by atoms with Gasteiger partial charge in [0, 0.05) is 6.04 Å². The molecule has 22 heavy (non-hydrogen) atoms. The third-order valence-corrected chi connectivity index (χ3v) is 4.19. The van der Waals surface area contributed by atoms with Crippen molar-refractivity contribution in [2.45, 2.75) is 64.1 Å². The Morgan fingerprint density at radius 2 is 2.09 bits per heavy atom. The van der Waals surface area contributed by atoms with Crippen LogP contribution in [0.5, 0.6) is 0 Å². The van der Waals surface area contributed by atoms with E-state index in [9.17, 15) is 9.59 Å². The lowest BCUT2D eigenvalue weighted by atomic mass is 10.1. The Bertz CT molecular complexity index is 547. The average Bonchev–Trinajstić information content (AvgIpc) is 2.48. The second kappa shape index (κ2) is 9.45. The molecule has 0 radical (unpaired) electrons. The second-order valence-electron chi connectivity index (χ2n) is 5.35. The summed E-state index contributed by atoms with van der Waals surface area (Å²) in [6.07, 6.45) is 5.73. The highest BCUT2D eigenvalue weighted by atomic mass is 32.2. The molecule has 7 nitrogen and oxygen atoms in total. The summed E-state index contributed by atoms with van der Waals surface area (Å²) in [5, 5.41) is 10.7. The number of aromatic nitrogens is 3. The molecule has 0 aliphatic heterocycles. The molecule has 0 spiro atoms. The van der Waals surface area contributed by atoms with Crippen LogP contribution in [0.25, 0.3) is 0 Å². The summed E-state index contributed by atoms with van der Waals surface area (Å²) in [7, 11) is 0. The molecule has 1 heterocycles. The van der Waals surface area contributed by atoms with Gasteiger partial charge in [-0.25, -0.2) is 0 Å². The molecule has 1 atom stereocenters. The van der Waals surface area contributed by atoms with Crippen molar-refractivity contribution in [1.82, 2.24) is 20.2 Å². The van der Waals surface area contributed by atoms with E-state index < -0.39 is 5.56 Å². The van der Waals surface area contributed by atoms with Crippen LogP contribution in [0.3, 0.4) is 0 Å². The number of nitrogens with one attached hydrogen (secondary N) is 1. The molecule has 0 aliphatic rings. The molecule has 0 aliphatic carbocycles. The average molecular weight is 327 g/mol. The van der Waals surface area contributed by atoms with Gasteiger partial charge in [-0.3, -0.25) is 9.59 Å². The molecule has 0 fully saturated rings. The summed E-state index contributed by atoms with van der Waals surface area (Å²) < 4.78 is 0.925. The van der Waals surface area contributed by atoms with E-state index in [0.29, 0.717) is 0 Å². The minimum Gasteiger partial charge on any atom is -0.353 e. The number of amides is 1. The van der Waals surface area contributed by atoms with Gasteiger partial charge in [0.2, 0.25) is 11.1 Å². The zero-order valence-electron chi connectivity index (χ0n) is 13.5. The third-order valence-electron chi connectivity index (χ3n) is 3.25. The predicted octanol–water partition coefficient (Wildman–Crippen LogP) is 1.23. The van der Waals surface area contributed by atoms with E-state index in [1.807, 2.05) is 6.92 Å². The van der Waals surface area contributed by atoms with Crippen LogP contribution >= 0.6 is 11.8 Å². The number of rotatable bonds is 9. The van der Waals surface area contributed by atoms with E-state index in [2.05, 4.69) is 22.4 Å². The van der Waals surface area contributed by atoms with E-state index in [1.165, 1.54) is 19.3 Å². The van der Waals surface area contributed by atoms with Gasteiger partial charge in [0.05, 0.1) is 5.75 Å². The minimum atomic E-state index is -0.401. The van der Waals surface area contributed by atoms with E-state index in [-0.39, 0.29) is 28.6 Å². The molecule has 1 amide bonds. The summed E-state index contributed by atoms with van der Waals surface area (Å²) >= 11 is 1.10. The van der Waals surface area contributed by atoms with Crippen LogP contribution in [0, 0.1) is 6.92 Å². The monoisotopic (exact) mass is 327 g/mol. The Kier molecular flexibility index (Phi) is 7.94. The summed E-state index contributed by atoms with van der Waals surface area (Å²) in [4.78, 5) is 23.5. The van der Waals surface area contributed by atoms with Gasteiger partial charge in [0.25, 0.3) is 5.56 Å². The first kappa shape index (κ1) is 18.5. The number of nitrogen functional groups attached to an aromatic ring is 1. The molecule has 3 N–H and O–H groups in total. The van der Waals surface area contributed by atoms with Crippen LogP contribution in [-0.2, 0) is 4.79 Å². The maximum Gasteiger partial charge on any atom is 0.294 e. The van der Waals surface area contributed by atoms with Gasteiger partial charge in [0.1, 0.15) is 5.69 Å². The Labute approximate surface area is 135 Å². The van der Waals surface area contributed by atoms with Gasteiger partial charge in [-0.2, -0.15) is 4.68 Å². The van der Waals surface area contributed by atoms with Crippen molar-refractivity contribution >= 4 is 17.7 Å². The number of aryl methyl sites for hydroxylation is 1. The molecular formula is C14H25N5O2S. The van der Waals surface area contributed by atoms with E-state index in [0.717, 1.165) is 29.3 Å². The highest BCUT2D eigenvalue weighted by molar-refractivity contribution is 7.99. The highest BCUT2D eigenvalue weighted by Gasteiger charge is 2.12. The minimum absolute atomic E-state index is 0.0946. The van der Waals surface area contributed by atoms with Crippen LogP contribution < -0.4 is 16.7 Å². The normalized spacial score (nSPS) is 12.1. The number of nitrogens with two attached hydrogens (primary N) is 1. The van der Waals surface area contributed by atoms with E-state index >= 15 is 0 Å². The SMILES string of the molecule is CCCCCC[C@H](C)NC(=O)CSc1nnc(C)c(=O)n1N. The topological polar surface area (TPSA) is 103 Å². The smallest absolute Gasteiger partial charge is 0.294 e. The van der Waals surface area contributed by atoms with Crippen molar-refractivity contribution in [3.8, 4) is 0 Å². The molecule has 1 rings (SSSR count). The van der Waals surface area contributed by atoms with Gasteiger partial charge >= 0.3 is 0 Å². The largest absolute Gasteiger partial charge is 0.353 e. The molecular weight excluding hydrogens is 302 g/mol. The molecule has 124 valence electrons. The van der Waals surface area contributed by atoms with Crippen molar-refractivity contribution in [3.63, 3.8) is 0 Å². The highest BCUT2D eigenvalue weighted by Crippen LogP contribution is 2.11. The second-order valence-corrected chi connectivity index (χ2v) is 6.29. The lowest BCUT2D eigenvalue weighted by Crippen LogP contribution is -2.35. The Morgan fingerprint density at radius 3 is 2.77 bits per heavy atom. The van der Waals surface area contributed by atoms with Gasteiger partial charge < -0.3 is 11.2 Å². The third kappa shape index (κ3) is 6.05. The number of carbonyl (C=O) groups is 1. The summed E-state index contributed by atoms with van der Waals surface area (Å²) in [5.74, 6) is 5.68.